The molecule has 0 fully saturated rings. The molecule has 3 rings (SSSR count). The van der Waals surface area contributed by atoms with Crippen molar-refractivity contribution in [1.29, 1.82) is 0 Å². The predicted molar refractivity (Wildman–Crippen MR) is 105 cm³/mol. The van der Waals surface area contributed by atoms with E-state index >= 15 is 0 Å². The van der Waals surface area contributed by atoms with Gasteiger partial charge < -0.3 is 33.8 Å². The molecule has 1 heterocycles. The van der Waals surface area contributed by atoms with E-state index < -0.39 is 6.10 Å². The fourth-order valence-electron chi connectivity index (χ4n) is 3.19. The van der Waals surface area contributed by atoms with Gasteiger partial charge in [-0.2, -0.15) is 0 Å². The molecule has 2 aromatic carbocycles. The van der Waals surface area contributed by atoms with Gasteiger partial charge in [0.15, 0.2) is 16.8 Å². The maximum atomic E-state index is 11.3. The fraction of sp³-hybridized carbons (Fsp3) is 0.364. The lowest BCUT2D eigenvalue weighted by atomic mass is 10.1. The molecular weight excluding hydrogens is 467 g/mol. The van der Waals surface area contributed by atoms with Crippen LogP contribution < -0.4 is 33.3 Å². The number of aliphatic hydroxyl groups excluding tert-OH is 1. The molecule has 6 heteroatoms. The van der Waals surface area contributed by atoms with Gasteiger partial charge in [-0.05, 0) is 75.2 Å². The van der Waals surface area contributed by atoms with Gasteiger partial charge in [0.05, 0.1) is 6.54 Å². The highest BCUT2D eigenvalue weighted by atomic mass is 127. The van der Waals surface area contributed by atoms with Crippen molar-refractivity contribution in [2.45, 2.75) is 46.9 Å². The largest absolute Gasteiger partial charge is 1.00 e. The Bertz CT molecular complexity index is 964. The van der Waals surface area contributed by atoms with Gasteiger partial charge in [0.1, 0.15) is 25.0 Å². The van der Waals surface area contributed by atoms with Crippen LogP contribution in [0.4, 0.5) is 0 Å². The summed E-state index contributed by atoms with van der Waals surface area (Å²) in [5.74, 6) is 0.669. The molecule has 0 aliphatic rings. The number of aryl methyl sites for hydroxylation is 3. The number of nitrogens with zero attached hydrogens (tertiary/aromatic N) is 2. The molecule has 1 atom stereocenters. The van der Waals surface area contributed by atoms with E-state index in [0.717, 1.165) is 12.1 Å². The van der Waals surface area contributed by atoms with Crippen LogP contribution in [0.15, 0.2) is 42.7 Å². The number of hydrogen-bond acceptors (Lipinski definition) is 3. The van der Waals surface area contributed by atoms with Crippen molar-refractivity contribution in [3.63, 3.8) is 0 Å². The smallest absolute Gasteiger partial charge is 0.244 e. The molecule has 0 aliphatic heterocycles. The summed E-state index contributed by atoms with van der Waals surface area (Å²) in [7, 11) is 0. The van der Waals surface area contributed by atoms with Crippen LogP contribution >= 0.6 is 0 Å². The van der Waals surface area contributed by atoms with E-state index in [9.17, 15) is 9.90 Å². The molecule has 0 saturated carbocycles. The molecule has 1 N–H and O–H groups in total. The van der Waals surface area contributed by atoms with Crippen LogP contribution in [0.2, 0.25) is 0 Å². The molecule has 0 radical (unpaired) electrons. The zero-order valence-corrected chi connectivity index (χ0v) is 18.9. The third kappa shape index (κ3) is 4.91. The molecule has 0 saturated heterocycles. The Morgan fingerprint density at radius 1 is 1.18 bits per heavy atom. The van der Waals surface area contributed by atoms with Gasteiger partial charge >= 0.3 is 0 Å². The van der Waals surface area contributed by atoms with Crippen LogP contribution in [0.5, 0.6) is 5.75 Å². The SMILES string of the molecule is CCn1c[n+](CC(O)COc2ccc(C(C)=O)cc2)c2cc(C)c(C)cc21.[I-]. The van der Waals surface area contributed by atoms with Gasteiger partial charge in [-0.1, -0.05) is 0 Å². The molecule has 5 nitrogen and oxygen atoms in total. The zero-order valence-electron chi connectivity index (χ0n) is 16.8. The van der Waals surface area contributed by atoms with Crippen molar-refractivity contribution >= 4 is 16.8 Å². The monoisotopic (exact) mass is 494 g/mol. The number of carbonyl (C=O) groups is 1. The van der Waals surface area contributed by atoms with Gasteiger partial charge in [-0.25, -0.2) is 9.13 Å². The van der Waals surface area contributed by atoms with E-state index in [1.54, 1.807) is 24.3 Å². The summed E-state index contributed by atoms with van der Waals surface area (Å²) < 4.78 is 9.95. The molecule has 28 heavy (non-hydrogen) atoms. The quantitative estimate of drug-likeness (QED) is 0.291. The Balaban J connectivity index is 0.00000280. The van der Waals surface area contributed by atoms with Gasteiger partial charge in [-0.3, -0.25) is 4.79 Å². The van der Waals surface area contributed by atoms with Gasteiger partial charge in [0.25, 0.3) is 0 Å². The first-order chi connectivity index (χ1) is 12.9. The number of ketones is 1. The minimum absolute atomic E-state index is 0. The fourth-order valence-corrected chi connectivity index (χ4v) is 3.19. The van der Waals surface area contributed by atoms with Crippen LogP contribution in [0.3, 0.4) is 0 Å². The highest BCUT2D eigenvalue weighted by Gasteiger charge is 2.19. The number of aromatic nitrogens is 2. The molecule has 0 amide bonds. The second kappa shape index (κ2) is 9.52. The first kappa shape index (κ1) is 22.4. The molecule has 3 aromatic rings. The lowest BCUT2D eigenvalue weighted by molar-refractivity contribution is -0.679. The standard InChI is InChI=1S/C22H27N2O3.HI/c1-5-23-14-24(22-11-16(3)15(2)10-21(22)23)12-19(26)13-27-20-8-6-18(7-9-20)17(4)25;/h6-11,14,19,26H,5,12-13H2,1-4H3;1H/q+1;/p-1. The minimum atomic E-state index is -0.639. The molecule has 150 valence electrons. The number of fused-ring (bicyclic) bond motifs is 1. The second-order valence-corrected chi connectivity index (χ2v) is 7.02. The predicted octanol–water partition coefficient (Wildman–Crippen LogP) is 0.212. The van der Waals surface area contributed by atoms with E-state index in [1.165, 1.54) is 23.6 Å². The Morgan fingerprint density at radius 2 is 1.82 bits per heavy atom. The van der Waals surface area contributed by atoms with Crippen molar-refractivity contribution < 1.29 is 43.2 Å². The number of halogens is 1. The van der Waals surface area contributed by atoms with E-state index in [0.29, 0.717) is 17.9 Å². The average Bonchev–Trinajstić information content (AvgIpc) is 2.97. The Morgan fingerprint density at radius 3 is 2.43 bits per heavy atom. The van der Waals surface area contributed by atoms with Crippen molar-refractivity contribution in [2.24, 2.45) is 0 Å². The summed E-state index contributed by atoms with van der Waals surface area (Å²) in [6.07, 6.45) is 1.41. The number of hydrogen-bond donors (Lipinski definition) is 1. The normalized spacial score (nSPS) is 11.9. The lowest BCUT2D eigenvalue weighted by Gasteiger charge is -2.11. The highest BCUT2D eigenvalue weighted by molar-refractivity contribution is 5.94. The maximum Gasteiger partial charge on any atom is 0.244 e. The Kier molecular flexibility index (Phi) is 7.60. The maximum absolute atomic E-state index is 11.3. The number of carbonyl (C=O) groups excluding carboxylic acids is 1. The van der Waals surface area contributed by atoms with Crippen molar-refractivity contribution in [2.75, 3.05) is 6.61 Å². The lowest BCUT2D eigenvalue weighted by Crippen LogP contribution is -3.00. The molecule has 0 aliphatic carbocycles. The van der Waals surface area contributed by atoms with Crippen LogP contribution in [0, 0.1) is 13.8 Å². The van der Waals surface area contributed by atoms with Crippen LogP contribution in [0.25, 0.3) is 11.0 Å². The summed E-state index contributed by atoms with van der Waals surface area (Å²) in [6.45, 7) is 9.39. The number of benzene rings is 2. The number of ether oxygens (including phenoxy) is 1. The number of aliphatic hydroxyl groups is 1. The third-order valence-corrected chi connectivity index (χ3v) is 4.94. The molecule has 1 aromatic heterocycles. The Labute approximate surface area is 183 Å². The summed E-state index contributed by atoms with van der Waals surface area (Å²) in [5.41, 5.74) is 5.44. The van der Waals surface area contributed by atoms with E-state index in [2.05, 4.69) is 48.4 Å². The van der Waals surface area contributed by atoms with Gasteiger partial charge in [-0.15, -0.1) is 0 Å². The summed E-state index contributed by atoms with van der Waals surface area (Å²) >= 11 is 0. The second-order valence-electron chi connectivity index (χ2n) is 7.02. The Hall–Kier alpha value is -1.93. The number of rotatable bonds is 7. The van der Waals surface area contributed by atoms with Gasteiger partial charge in [0.2, 0.25) is 6.33 Å². The van der Waals surface area contributed by atoms with E-state index in [-0.39, 0.29) is 36.4 Å². The summed E-state index contributed by atoms with van der Waals surface area (Å²) in [4.78, 5) is 11.3. The molecule has 0 spiro atoms. The van der Waals surface area contributed by atoms with Crippen molar-refractivity contribution in [1.82, 2.24) is 4.57 Å². The van der Waals surface area contributed by atoms with Crippen LogP contribution in [0.1, 0.15) is 35.3 Å². The summed E-state index contributed by atoms with van der Waals surface area (Å²) in [5, 5.41) is 10.5. The summed E-state index contributed by atoms with van der Waals surface area (Å²) in [6, 6.07) is 11.4. The first-order valence-electron chi connectivity index (χ1n) is 9.30. The highest BCUT2D eigenvalue weighted by Crippen LogP contribution is 2.18. The van der Waals surface area contributed by atoms with Crippen molar-refractivity contribution in [3.8, 4) is 5.75 Å². The minimum Gasteiger partial charge on any atom is -1.00 e. The van der Waals surface area contributed by atoms with Gasteiger partial charge in [0, 0.05) is 5.56 Å². The third-order valence-electron chi connectivity index (χ3n) is 4.94. The first-order valence-corrected chi connectivity index (χ1v) is 9.30. The molecule has 0 bridgehead atoms. The number of imidazole rings is 1. The molecular formula is C22H27IN2O3. The van der Waals surface area contributed by atoms with Crippen molar-refractivity contribution in [3.05, 3.63) is 59.4 Å². The van der Waals surface area contributed by atoms with Crippen LogP contribution in [-0.4, -0.2) is 28.2 Å². The average molecular weight is 494 g/mol. The van der Waals surface area contributed by atoms with E-state index in [4.69, 9.17) is 4.74 Å². The van der Waals surface area contributed by atoms with Crippen LogP contribution in [-0.2, 0) is 13.1 Å². The number of Topliss-reactive ketones (excluding diaryl/α,β-unsaturated/α-hetero) is 1. The zero-order chi connectivity index (χ0) is 19.6. The topological polar surface area (TPSA) is 55.3 Å². The molecule has 1 unspecified atom stereocenters. The van der Waals surface area contributed by atoms with E-state index in [1.807, 2.05) is 0 Å².